The fraction of sp³-hybridized carbons (Fsp3) is 0.364. The van der Waals surface area contributed by atoms with Crippen LogP contribution in [0.15, 0.2) is 22.6 Å². The minimum Gasteiger partial charge on any atom is -0.441 e. The van der Waals surface area contributed by atoms with E-state index in [9.17, 15) is 0 Å². The molecule has 0 aliphatic carbocycles. The van der Waals surface area contributed by atoms with E-state index in [0.29, 0.717) is 24.4 Å². The van der Waals surface area contributed by atoms with Gasteiger partial charge in [0.05, 0.1) is 6.10 Å². The summed E-state index contributed by atoms with van der Waals surface area (Å²) in [5.41, 5.74) is 7.83. The van der Waals surface area contributed by atoms with Crippen molar-refractivity contribution in [2.24, 2.45) is 0 Å². The fourth-order valence-electron chi connectivity index (χ4n) is 1.43. The van der Waals surface area contributed by atoms with Gasteiger partial charge in [-0.1, -0.05) is 0 Å². The number of fused-ring (bicyclic) bond motifs is 1. The van der Waals surface area contributed by atoms with Gasteiger partial charge in [0.25, 0.3) is 0 Å². The standard InChI is InChI=1S/C11H14N2O2/c1-7(14)2-5-11-13-9-6-8(12)3-4-10(9)15-11/h3-4,6-7,14H,2,5,12H2,1H3. The summed E-state index contributed by atoms with van der Waals surface area (Å²) in [6.07, 6.45) is 0.972. The average Bonchev–Trinajstić information content (AvgIpc) is 2.56. The van der Waals surface area contributed by atoms with Crippen LogP contribution in [0.5, 0.6) is 0 Å². The number of oxazole rings is 1. The lowest BCUT2D eigenvalue weighted by Crippen LogP contribution is -2.01. The molecule has 15 heavy (non-hydrogen) atoms. The molecular weight excluding hydrogens is 192 g/mol. The Hall–Kier alpha value is -1.55. The Kier molecular flexibility index (Phi) is 2.60. The second-order valence-electron chi connectivity index (χ2n) is 3.72. The van der Waals surface area contributed by atoms with Gasteiger partial charge in [0.2, 0.25) is 0 Å². The number of nitrogen functional groups attached to an aromatic ring is 1. The van der Waals surface area contributed by atoms with Crippen LogP contribution >= 0.6 is 0 Å². The van der Waals surface area contributed by atoms with Crippen LogP contribution in [0, 0.1) is 0 Å². The van der Waals surface area contributed by atoms with Crippen molar-refractivity contribution in [1.29, 1.82) is 0 Å². The van der Waals surface area contributed by atoms with Crippen LogP contribution < -0.4 is 5.73 Å². The monoisotopic (exact) mass is 206 g/mol. The summed E-state index contributed by atoms with van der Waals surface area (Å²) in [5.74, 6) is 0.650. The summed E-state index contributed by atoms with van der Waals surface area (Å²) < 4.78 is 5.50. The van der Waals surface area contributed by atoms with Gasteiger partial charge in [-0.05, 0) is 31.5 Å². The molecule has 0 saturated carbocycles. The van der Waals surface area contributed by atoms with Crippen LogP contribution in [0.4, 0.5) is 5.69 Å². The molecule has 1 unspecified atom stereocenters. The molecule has 2 rings (SSSR count). The van der Waals surface area contributed by atoms with Gasteiger partial charge in [-0.15, -0.1) is 0 Å². The van der Waals surface area contributed by atoms with Gasteiger partial charge < -0.3 is 15.3 Å². The van der Waals surface area contributed by atoms with Gasteiger partial charge in [-0.2, -0.15) is 0 Å². The van der Waals surface area contributed by atoms with Gasteiger partial charge >= 0.3 is 0 Å². The van der Waals surface area contributed by atoms with E-state index in [1.54, 1.807) is 19.1 Å². The van der Waals surface area contributed by atoms with Crippen molar-refractivity contribution < 1.29 is 9.52 Å². The summed E-state index contributed by atoms with van der Waals surface area (Å²) in [6, 6.07) is 5.38. The number of nitrogens with two attached hydrogens (primary N) is 1. The first kappa shape index (κ1) is 9.98. The number of rotatable bonds is 3. The van der Waals surface area contributed by atoms with Crippen molar-refractivity contribution in [3.8, 4) is 0 Å². The molecule has 1 atom stereocenters. The highest BCUT2D eigenvalue weighted by Crippen LogP contribution is 2.19. The predicted octanol–water partition coefficient (Wildman–Crippen LogP) is 1.72. The Bertz CT molecular complexity index is 463. The van der Waals surface area contributed by atoms with Crippen LogP contribution in [0.3, 0.4) is 0 Å². The molecule has 3 N–H and O–H groups in total. The van der Waals surface area contributed by atoms with Crippen molar-refractivity contribution in [2.45, 2.75) is 25.9 Å². The van der Waals surface area contributed by atoms with E-state index in [1.165, 1.54) is 0 Å². The maximum Gasteiger partial charge on any atom is 0.195 e. The second kappa shape index (κ2) is 3.90. The van der Waals surface area contributed by atoms with E-state index in [2.05, 4.69) is 4.98 Å². The minimum absolute atomic E-state index is 0.329. The predicted molar refractivity (Wildman–Crippen MR) is 58.4 cm³/mol. The van der Waals surface area contributed by atoms with Crippen molar-refractivity contribution in [3.05, 3.63) is 24.1 Å². The van der Waals surface area contributed by atoms with Gasteiger partial charge in [0, 0.05) is 12.1 Å². The number of anilines is 1. The quantitative estimate of drug-likeness (QED) is 0.750. The zero-order valence-electron chi connectivity index (χ0n) is 8.60. The molecule has 0 saturated heterocycles. The largest absolute Gasteiger partial charge is 0.441 e. The second-order valence-corrected chi connectivity index (χ2v) is 3.72. The molecule has 1 heterocycles. The Morgan fingerprint density at radius 1 is 1.53 bits per heavy atom. The molecule has 4 heteroatoms. The Morgan fingerprint density at radius 3 is 3.07 bits per heavy atom. The SMILES string of the molecule is CC(O)CCc1nc2cc(N)ccc2o1. The average molecular weight is 206 g/mol. The lowest BCUT2D eigenvalue weighted by Gasteiger charge is -1.98. The van der Waals surface area contributed by atoms with Gasteiger partial charge in [0.1, 0.15) is 5.52 Å². The van der Waals surface area contributed by atoms with Crippen LogP contribution in [0.1, 0.15) is 19.2 Å². The first-order valence-corrected chi connectivity index (χ1v) is 4.98. The molecule has 0 radical (unpaired) electrons. The maximum atomic E-state index is 9.14. The van der Waals surface area contributed by atoms with E-state index in [4.69, 9.17) is 15.3 Å². The smallest absolute Gasteiger partial charge is 0.195 e. The lowest BCUT2D eigenvalue weighted by atomic mass is 10.2. The van der Waals surface area contributed by atoms with Gasteiger partial charge in [0.15, 0.2) is 11.5 Å². The summed E-state index contributed by atoms with van der Waals surface area (Å²) >= 11 is 0. The first-order valence-electron chi connectivity index (χ1n) is 4.98. The fourth-order valence-corrected chi connectivity index (χ4v) is 1.43. The highest BCUT2D eigenvalue weighted by atomic mass is 16.3. The molecule has 0 amide bonds. The van der Waals surface area contributed by atoms with E-state index in [1.807, 2.05) is 6.07 Å². The Morgan fingerprint density at radius 2 is 2.33 bits per heavy atom. The van der Waals surface area contributed by atoms with E-state index in [-0.39, 0.29) is 6.10 Å². The van der Waals surface area contributed by atoms with Crippen LogP contribution in [-0.2, 0) is 6.42 Å². The summed E-state index contributed by atoms with van der Waals surface area (Å²) in [6.45, 7) is 1.75. The molecule has 0 bridgehead atoms. The van der Waals surface area contributed by atoms with Crippen molar-refractivity contribution in [2.75, 3.05) is 5.73 Å². The molecular formula is C11H14N2O2. The third kappa shape index (κ3) is 2.27. The zero-order chi connectivity index (χ0) is 10.8. The summed E-state index contributed by atoms with van der Waals surface area (Å²) in [5, 5.41) is 9.14. The zero-order valence-corrected chi connectivity index (χ0v) is 8.60. The molecule has 0 aliphatic heterocycles. The van der Waals surface area contributed by atoms with E-state index >= 15 is 0 Å². The van der Waals surface area contributed by atoms with Crippen LogP contribution in [-0.4, -0.2) is 16.2 Å². The minimum atomic E-state index is -0.329. The van der Waals surface area contributed by atoms with Gasteiger partial charge in [-0.3, -0.25) is 0 Å². The Balaban J connectivity index is 2.23. The molecule has 1 aromatic carbocycles. The van der Waals surface area contributed by atoms with Crippen molar-refractivity contribution in [3.63, 3.8) is 0 Å². The number of aromatic nitrogens is 1. The first-order chi connectivity index (χ1) is 7.15. The number of hydrogen-bond donors (Lipinski definition) is 2. The number of nitrogens with zero attached hydrogens (tertiary/aromatic N) is 1. The number of hydrogen-bond acceptors (Lipinski definition) is 4. The normalized spacial score (nSPS) is 13.2. The Labute approximate surface area is 87.7 Å². The number of aliphatic hydroxyl groups excluding tert-OH is 1. The molecule has 2 aromatic rings. The molecule has 0 aliphatic rings. The number of aryl methyl sites for hydroxylation is 1. The van der Waals surface area contributed by atoms with Gasteiger partial charge in [-0.25, -0.2) is 4.98 Å². The summed E-state index contributed by atoms with van der Waals surface area (Å²) in [4.78, 5) is 4.29. The maximum absolute atomic E-state index is 9.14. The highest BCUT2D eigenvalue weighted by Gasteiger charge is 2.06. The number of aliphatic hydroxyl groups is 1. The van der Waals surface area contributed by atoms with Crippen LogP contribution in [0.2, 0.25) is 0 Å². The molecule has 80 valence electrons. The molecule has 4 nitrogen and oxygen atoms in total. The van der Waals surface area contributed by atoms with Crippen LogP contribution in [0.25, 0.3) is 11.1 Å². The van der Waals surface area contributed by atoms with E-state index < -0.39 is 0 Å². The summed E-state index contributed by atoms with van der Waals surface area (Å²) in [7, 11) is 0. The third-order valence-corrected chi connectivity index (χ3v) is 2.23. The third-order valence-electron chi connectivity index (χ3n) is 2.23. The number of benzene rings is 1. The lowest BCUT2D eigenvalue weighted by molar-refractivity contribution is 0.182. The molecule has 0 spiro atoms. The highest BCUT2D eigenvalue weighted by molar-refractivity contribution is 5.76. The van der Waals surface area contributed by atoms with Crippen molar-refractivity contribution >= 4 is 16.8 Å². The van der Waals surface area contributed by atoms with Crippen molar-refractivity contribution in [1.82, 2.24) is 4.98 Å². The van der Waals surface area contributed by atoms with E-state index in [0.717, 1.165) is 11.1 Å². The molecule has 1 aromatic heterocycles. The molecule has 0 fully saturated rings. The topological polar surface area (TPSA) is 72.3 Å².